The smallest absolute Gasteiger partial charge is 0.251 e. The van der Waals surface area contributed by atoms with Crippen LogP contribution in [0.3, 0.4) is 0 Å². The van der Waals surface area contributed by atoms with Crippen LogP contribution in [0.15, 0.2) is 18.2 Å². The maximum absolute atomic E-state index is 12.4. The highest BCUT2D eigenvalue weighted by Gasteiger charge is 2.22. The van der Waals surface area contributed by atoms with Gasteiger partial charge in [-0.2, -0.15) is 0 Å². The third kappa shape index (κ3) is 3.30. The predicted octanol–water partition coefficient (Wildman–Crippen LogP) is 2.77. The van der Waals surface area contributed by atoms with Gasteiger partial charge in [-0.1, -0.05) is 6.92 Å². The van der Waals surface area contributed by atoms with Crippen LogP contribution >= 0.6 is 0 Å². The number of aromatic amines is 1. The quantitative estimate of drug-likeness (QED) is 0.887. The summed E-state index contributed by atoms with van der Waals surface area (Å²) in [6.07, 6.45) is 1.61. The van der Waals surface area contributed by atoms with E-state index in [0.29, 0.717) is 25.1 Å². The number of amides is 2. The second-order valence-corrected chi connectivity index (χ2v) is 6.89. The van der Waals surface area contributed by atoms with E-state index in [1.54, 1.807) is 0 Å². The van der Waals surface area contributed by atoms with Crippen molar-refractivity contribution in [1.82, 2.24) is 15.2 Å². The number of aryl methyl sites for hydroxylation is 2. The van der Waals surface area contributed by atoms with Gasteiger partial charge >= 0.3 is 0 Å². The Hall–Kier alpha value is -2.30. The molecule has 0 spiro atoms. The van der Waals surface area contributed by atoms with E-state index in [-0.39, 0.29) is 17.7 Å². The third-order valence-electron chi connectivity index (χ3n) is 4.88. The average molecular weight is 327 g/mol. The first-order valence-electron chi connectivity index (χ1n) is 8.60. The standard InChI is InChI=1S/C19H25N3O2/c1-12(11-22-8-4-5-18(22)23)10-20-19(24)15-6-7-17-16(9-15)13(2)14(3)21-17/h6-7,9,12,21H,4-5,8,10-11H2,1-3H3,(H,20,24)/t12-/m0/s1. The van der Waals surface area contributed by atoms with Gasteiger partial charge in [0.25, 0.3) is 5.91 Å². The van der Waals surface area contributed by atoms with Crippen molar-refractivity contribution in [2.24, 2.45) is 5.92 Å². The molecule has 1 saturated heterocycles. The van der Waals surface area contributed by atoms with Crippen molar-refractivity contribution >= 4 is 22.7 Å². The Morgan fingerprint density at radius 2 is 2.17 bits per heavy atom. The third-order valence-corrected chi connectivity index (χ3v) is 4.88. The molecule has 1 fully saturated rings. The Kier molecular flexibility index (Phi) is 4.60. The van der Waals surface area contributed by atoms with E-state index in [2.05, 4.69) is 24.1 Å². The SMILES string of the molecule is Cc1[nH]c2ccc(C(=O)NC[C@H](C)CN3CCCC3=O)cc2c1C. The summed E-state index contributed by atoms with van der Waals surface area (Å²) in [6.45, 7) is 8.30. The lowest BCUT2D eigenvalue weighted by Crippen LogP contribution is -2.36. The van der Waals surface area contributed by atoms with E-state index < -0.39 is 0 Å². The Labute approximate surface area is 142 Å². The van der Waals surface area contributed by atoms with Crippen LogP contribution in [0.5, 0.6) is 0 Å². The Morgan fingerprint density at radius 1 is 1.38 bits per heavy atom. The summed E-state index contributed by atoms with van der Waals surface area (Å²) in [6, 6.07) is 5.75. The minimum Gasteiger partial charge on any atom is -0.358 e. The fourth-order valence-electron chi connectivity index (χ4n) is 3.31. The molecule has 128 valence electrons. The van der Waals surface area contributed by atoms with Crippen LogP contribution in [0.1, 0.15) is 41.4 Å². The lowest BCUT2D eigenvalue weighted by molar-refractivity contribution is -0.128. The van der Waals surface area contributed by atoms with Gasteiger partial charge in [0, 0.05) is 48.2 Å². The van der Waals surface area contributed by atoms with Crippen molar-refractivity contribution in [2.45, 2.75) is 33.6 Å². The fraction of sp³-hybridized carbons (Fsp3) is 0.474. The molecule has 5 nitrogen and oxygen atoms in total. The molecule has 0 unspecified atom stereocenters. The van der Waals surface area contributed by atoms with Crippen LogP contribution in [-0.2, 0) is 4.79 Å². The minimum absolute atomic E-state index is 0.0604. The van der Waals surface area contributed by atoms with E-state index >= 15 is 0 Å². The minimum atomic E-state index is -0.0604. The van der Waals surface area contributed by atoms with Crippen LogP contribution in [0.25, 0.3) is 10.9 Å². The van der Waals surface area contributed by atoms with Crippen LogP contribution in [-0.4, -0.2) is 41.3 Å². The van der Waals surface area contributed by atoms with E-state index in [4.69, 9.17) is 0 Å². The number of likely N-dealkylation sites (tertiary alicyclic amines) is 1. The van der Waals surface area contributed by atoms with Gasteiger partial charge in [-0.15, -0.1) is 0 Å². The van der Waals surface area contributed by atoms with Gasteiger partial charge in [0.2, 0.25) is 5.91 Å². The molecule has 2 heterocycles. The molecule has 1 aliphatic rings. The molecule has 1 aliphatic heterocycles. The topological polar surface area (TPSA) is 65.2 Å². The predicted molar refractivity (Wildman–Crippen MR) is 95.1 cm³/mol. The fourth-order valence-corrected chi connectivity index (χ4v) is 3.31. The highest BCUT2D eigenvalue weighted by Crippen LogP contribution is 2.22. The van der Waals surface area contributed by atoms with Crippen molar-refractivity contribution in [3.8, 4) is 0 Å². The zero-order valence-electron chi connectivity index (χ0n) is 14.6. The zero-order chi connectivity index (χ0) is 17.3. The van der Waals surface area contributed by atoms with Crippen molar-refractivity contribution < 1.29 is 9.59 Å². The number of carbonyl (C=O) groups is 2. The van der Waals surface area contributed by atoms with Gasteiger partial charge < -0.3 is 15.2 Å². The number of aromatic nitrogens is 1. The van der Waals surface area contributed by atoms with E-state index in [0.717, 1.165) is 29.6 Å². The molecule has 0 aliphatic carbocycles. The van der Waals surface area contributed by atoms with Crippen molar-refractivity contribution in [1.29, 1.82) is 0 Å². The summed E-state index contributed by atoms with van der Waals surface area (Å²) in [5, 5.41) is 4.08. The number of nitrogens with one attached hydrogen (secondary N) is 2. The number of hydrogen-bond donors (Lipinski definition) is 2. The van der Waals surface area contributed by atoms with Gasteiger partial charge in [0.05, 0.1) is 0 Å². The molecule has 2 aromatic rings. The number of rotatable bonds is 5. The molecular formula is C19H25N3O2. The van der Waals surface area contributed by atoms with Crippen molar-refractivity contribution in [3.63, 3.8) is 0 Å². The Balaban J connectivity index is 1.60. The van der Waals surface area contributed by atoms with Crippen molar-refractivity contribution in [2.75, 3.05) is 19.6 Å². The number of hydrogen-bond acceptors (Lipinski definition) is 2. The normalized spacial score (nSPS) is 16.0. The molecule has 24 heavy (non-hydrogen) atoms. The maximum atomic E-state index is 12.4. The number of nitrogens with zero attached hydrogens (tertiary/aromatic N) is 1. The van der Waals surface area contributed by atoms with Gasteiger partial charge in [-0.25, -0.2) is 0 Å². The van der Waals surface area contributed by atoms with Crippen LogP contribution < -0.4 is 5.32 Å². The molecule has 0 saturated carbocycles. The molecule has 5 heteroatoms. The average Bonchev–Trinajstić information content (AvgIpc) is 3.09. The van der Waals surface area contributed by atoms with Crippen LogP contribution in [0, 0.1) is 19.8 Å². The molecule has 2 amide bonds. The first-order valence-corrected chi connectivity index (χ1v) is 8.60. The van der Waals surface area contributed by atoms with Crippen LogP contribution in [0.4, 0.5) is 0 Å². The second-order valence-electron chi connectivity index (χ2n) is 6.89. The van der Waals surface area contributed by atoms with E-state index in [9.17, 15) is 9.59 Å². The van der Waals surface area contributed by atoms with Crippen molar-refractivity contribution in [3.05, 3.63) is 35.0 Å². The number of benzene rings is 1. The van der Waals surface area contributed by atoms with Gasteiger partial charge in [0.15, 0.2) is 0 Å². The molecule has 1 aromatic carbocycles. The van der Waals surface area contributed by atoms with Gasteiger partial charge in [0.1, 0.15) is 0 Å². The molecule has 2 N–H and O–H groups in total. The molecule has 0 radical (unpaired) electrons. The van der Waals surface area contributed by atoms with Gasteiger partial charge in [-0.05, 0) is 49.9 Å². The summed E-state index contributed by atoms with van der Waals surface area (Å²) in [4.78, 5) is 29.3. The second kappa shape index (κ2) is 6.67. The molecule has 3 rings (SSSR count). The van der Waals surface area contributed by atoms with Crippen LogP contribution in [0.2, 0.25) is 0 Å². The molecule has 1 aromatic heterocycles. The van der Waals surface area contributed by atoms with E-state index in [1.807, 2.05) is 30.0 Å². The summed E-state index contributed by atoms with van der Waals surface area (Å²) in [5.74, 6) is 0.419. The summed E-state index contributed by atoms with van der Waals surface area (Å²) < 4.78 is 0. The Bertz CT molecular complexity index is 778. The lowest BCUT2D eigenvalue weighted by atomic mass is 10.1. The molecular weight excluding hydrogens is 302 g/mol. The lowest BCUT2D eigenvalue weighted by Gasteiger charge is -2.21. The summed E-state index contributed by atoms with van der Waals surface area (Å²) in [5.41, 5.74) is 4.04. The maximum Gasteiger partial charge on any atom is 0.251 e. The first kappa shape index (κ1) is 16.6. The zero-order valence-corrected chi connectivity index (χ0v) is 14.6. The van der Waals surface area contributed by atoms with E-state index in [1.165, 1.54) is 5.56 Å². The first-order chi connectivity index (χ1) is 11.5. The Morgan fingerprint density at radius 3 is 2.88 bits per heavy atom. The van der Waals surface area contributed by atoms with Gasteiger partial charge in [-0.3, -0.25) is 9.59 Å². The summed E-state index contributed by atoms with van der Waals surface area (Å²) >= 11 is 0. The number of fused-ring (bicyclic) bond motifs is 1. The largest absolute Gasteiger partial charge is 0.358 e. The highest BCUT2D eigenvalue weighted by atomic mass is 16.2. The number of H-pyrrole nitrogens is 1. The summed E-state index contributed by atoms with van der Waals surface area (Å²) in [7, 11) is 0. The monoisotopic (exact) mass is 327 g/mol. The molecule has 0 bridgehead atoms. The molecule has 1 atom stereocenters. The number of carbonyl (C=O) groups excluding carboxylic acids is 2. The highest BCUT2D eigenvalue weighted by molar-refractivity contribution is 5.99.